The van der Waals surface area contributed by atoms with Gasteiger partial charge in [0.2, 0.25) is 21.8 Å². The number of nitrogens with one attached hydrogen (secondary N) is 3. The van der Waals surface area contributed by atoms with Gasteiger partial charge >= 0.3 is 6.09 Å². The zero-order valence-electron chi connectivity index (χ0n) is 28.1. The first-order valence-corrected chi connectivity index (χ1v) is 18.5. The number of nitriles is 1. The van der Waals surface area contributed by atoms with Crippen molar-refractivity contribution in [3.05, 3.63) is 65.0 Å². The van der Waals surface area contributed by atoms with Crippen LogP contribution in [0.3, 0.4) is 0 Å². The summed E-state index contributed by atoms with van der Waals surface area (Å²) in [7, 11) is -3.90. The maximum Gasteiger partial charge on any atom is 0.408 e. The van der Waals surface area contributed by atoms with Crippen LogP contribution in [-0.2, 0) is 31.0 Å². The lowest BCUT2D eigenvalue weighted by Gasteiger charge is -2.32. The van der Waals surface area contributed by atoms with Gasteiger partial charge in [-0.3, -0.25) is 24.0 Å². The summed E-state index contributed by atoms with van der Waals surface area (Å²) < 4.78 is 42.4. The van der Waals surface area contributed by atoms with Gasteiger partial charge in [0.1, 0.15) is 23.4 Å². The van der Waals surface area contributed by atoms with E-state index in [0.29, 0.717) is 36.1 Å². The van der Waals surface area contributed by atoms with Crippen molar-refractivity contribution in [2.24, 2.45) is 17.8 Å². The van der Waals surface area contributed by atoms with Gasteiger partial charge in [0.25, 0.3) is 5.91 Å². The van der Waals surface area contributed by atoms with Crippen LogP contribution in [0.4, 0.5) is 14.9 Å². The van der Waals surface area contributed by atoms with Gasteiger partial charge in [-0.05, 0) is 67.3 Å². The summed E-state index contributed by atoms with van der Waals surface area (Å²) in [5.41, 5.74) is 0.116. The van der Waals surface area contributed by atoms with E-state index < -0.39 is 74.5 Å². The Bertz CT molecular complexity index is 1880. The zero-order valence-corrected chi connectivity index (χ0v) is 28.9. The van der Waals surface area contributed by atoms with Crippen LogP contribution in [0, 0.1) is 34.9 Å². The molecule has 2 saturated carbocycles. The molecule has 266 valence electrons. The highest BCUT2D eigenvalue weighted by Crippen LogP contribution is 2.48. The monoisotopic (exact) mass is 708 g/mol. The summed E-state index contributed by atoms with van der Waals surface area (Å²) in [6.45, 7) is 5.25. The van der Waals surface area contributed by atoms with Gasteiger partial charge in [0.05, 0.1) is 29.5 Å². The maximum atomic E-state index is 14.9. The van der Waals surface area contributed by atoms with Crippen LogP contribution >= 0.6 is 0 Å². The van der Waals surface area contributed by atoms with E-state index >= 15 is 0 Å². The molecule has 2 aliphatic carbocycles. The number of carbonyl (C=O) groups is 4. The molecule has 4 N–H and O–H groups in total. The molecule has 15 heteroatoms. The summed E-state index contributed by atoms with van der Waals surface area (Å²) in [6, 6.07) is 10.2. The van der Waals surface area contributed by atoms with Crippen molar-refractivity contribution < 1.29 is 37.1 Å². The van der Waals surface area contributed by atoms with Crippen molar-refractivity contribution in [1.82, 2.24) is 19.8 Å². The van der Waals surface area contributed by atoms with Crippen LogP contribution < -0.4 is 15.4 Å². The van der Waals surface area contributed by atoms with Crippen molar-refractivity contribution in [2.45, 2.75) is 88.3 Å². The first kappa shape index (κ1) is 35.1. The molecule has 6 atom stereocenters. The highest BCUT2D eigenvalue weighted by Gasteiger charge is 2.62. The topological polar surface area (TPSA) is 189 Å². The number of hydrogen-bond donors (Lipinski definition) is 4. The van der Waals surface area contributed by atoms with E-state index in [1.54, 1.807) is 30.3 Å². The molecule has 2 aromatic carbocycles. The molecule has 2 aliphatic heterocycles. The number of benzene rings is 2. The van der Waals surface area contributed by atoms with Crippen LogP contribution in [0.25, 0.3) is 0 Å². The smallest absolute Gasteiger partial charge is 0.408 e. The third-order valence-electron chi connectivity index (χ3n) is 10.5. The van der Waals surface area contributed by atoms with E-state index in [-0.39, 0.29) is 43.3 Å². The van der Waals surface area contributed by atoms with E-state index in [2.05, 4.69) is 21.4 Å². The number of likely N-dealkylation sites (tertiary alicyclic amines) is 1. The number of rotatable bonds is 11. The lowest BCUT2D eigenvalue weighted by atomic mass is 9.90. The summed E-state index contributed by atoms with van der Waals surface area (Å²) in [5, 5.41) is 24.9. The van der Waals surface area contributed by atoms with Crippen LogP contribution in [-0.4, -0.2) is 76.6 Å². The van der Waals surface area contributed by atoms with E-state index in [9.17, 15) is 42.4 Å². The third kappa shape index (κ3) is 6.48. The maximum absolute atomic E-state index is 14.9. The SMILES string of the molecule is CC[C@@H]1C[C@]1(NC(=O)[C@@H]1C[C@@H](C2c3cccc(F)c3CN2C(=O)O)CN1C(=O)[C@@H](Nc1cccc(C#N)c1)C(C)C)C(=O)NS(=O)(=O)C1CC1. The molecule has 6 rings (SSSR count). The molecule has 1 unspecified atom stereocenters. The Morgan fingerprint density at radius 1 is 1.12 bits per heavy atom. The number of halogens is 1. The molecule has 13 nitrogen and oxygen atoms in total. The number of amides is 4. The van der Waals surface area contributed by atoms with Crippen molar-refractivity contribution in [3.63, 3.8) is 0 Å². The third-order valence-corrected chi connectivity index (χ3v) is 12.4. The lowest BCUT2D eigenvalue weighted by molar-refractivity contribution is -0.140. The Kier molecular flexibility index (Phi) is 9.28. The summed E-state index contributed by atoms with van der Waals surface area (Å²) in [5.74, 6) is -3.73. The van der Waals surface area contributed by atoms with Gasteiger partial charge in [0, 0.05) is 23.7 Å². The second-order valence-corrected chi connectivity index (χ2v) is 16.1. The number of anilines is 1. The van der Waals surface area contributed by atoms with Gasteiger partial charge in [-0.15, -0.1) is 0 Å². The molecule has 0 radical (unpaired) electrons. The predicted octanol–water partition coefficient (Wildman–Crippen LogP) is 3.48. The Balaban J connectivity index is 1.33. The van der Waals surface area contributed by atoms with Crippen LogP contribution in [0.2, 0.25) is 0 Å². The van der Waals surface area contributed by atoms with Crippen LogP contribution in [0.15, 0.2) is 42.5 Å². The van der Waals surface area contributed by atoms with Gasteiger partial charge in [0.15, 0.2) is 0 Å². The molecule has 0 spiro atoms. The normalized spacial score (nSPS) is 26.2. The van der Waals surface area contributed by atoms with Gasteiger partial charge in [-0.1, -0.05) is 45.4 Å². The molecule has 0 aromatic heterocycles. The fourth-order valence-electron chi connectivity index (χ4n) is 7.59. The number of hydrogen-bond acceptors (Lipinski definition) is 8. The minimum Gasteiger partial charge on any atom is -0.465 e. The lowest BCUT2D eigenvalue weighted by Crippen LogP contribution is -2.58. The Morgan fingerprint density at radius 3 is 2.46 bits per heavy atom. The van der Waals surface area contributed by atoms with E-state index in [1.807, 2.05) is 20.8 Å². The second-order valence-electron chi connectivity index (χ2n) is 14.2. The molecule has 3 fully saturated rings. The molecule has 1 saturated heterocycles. The van der Waals surface area contributed by atoms with Crippen LogP contribution in [0.5, 0.6) is 0 Å². The Morgan fingerprint density at radius 2 is 1.84 bits per heavy atom. The Labute approximate surface area is 290 Å². The summed E-state index contributed by atoms with van der Waals surface area (Å²) in [6.07, 6.45) is 0.350. The molecule has 4 amide bonds. The minimum atomic E-state index is -3.90. The predicted molar refractivity (Wildman–Crippen MR) is 179 cm³/mol. The molecular weight excluding hydrogens is 667 g/mol. The van der Waals surface area contributed by atoms with Crippen molar-refractivity contribution in [2.75, 3.05) is 11.9 Å². The average molecular weight is 709 g/mol. The number of carboxylic acid groups (broad SMARTS) is 1. The number of nitrogens with zero attached hydrogens (tertiary/aromatic N) is 3. The fraction of sp³-hybridized carbons (Fsp3) is 0.514. The van der Waals surface area contributed by atoms with Gasteiger partial charge in [-0.2, -0.15) is 5.26 Å². The number of sulfonamides is 1. The van der Waals surface area contributed by atoms with E-state index in [4.69, 9.17) is 0 Å². The first-order valence-electron chi connectivity index (χ1n) is 16.9. The van der Waals surface area contributed by atoms with Crippen molar-refractivity contribution in [3.8, 4) is 6.07 Å². The van der Waals surface area contributed by atoms with E-state index in [0.717, 1.165) is 4.90 Å². The zero-order chi connectivity index (χ0) is 36.1. The number of carbonyl (C=O) groups excluding carboxylic acids is 3. The largest absolute Gasteiger partial charge is 0.465 e. The molecule has 4 aliphatic rings. The highest BCUT2D eigenvalue weighted by molar-refractivity contribution is 7.91. The van der Waals surface area contributed by atoms with Crippen molar-refractivity contribution >= 4 is 39.5 Å². The van der Waals surface area contributed by atoms with Crippen molar-refractivity contribution in [1.29, 1.82) is 5.26 Å². The molecule has 2 aromatic rings. The number of fused-ring (bicyclic) bond motifs is 1. The first-order chi connectivity index (χ1) is 23.7. The quantitative estimate of drug-likeness (QED) is 0.271. The average Bonchev–Trinajstić information content (AvgIpc) is 3.97. The van der Waals surface area contributed by atoms with Gasteiger partial charge < -0.3 is 20.6 Å². The summed E-state index contributed by atoms with van der Waals surface area (Å²) in [4.78, 5) is 57.3. The molecular formula is C35H41FN6O7S. The molecule has 50 heavy (non-hydrogen) atoms. The standard InChI is InChI=1S/C35H41FN6O7S/c1-4-22-15-35(22,33(45)40-50(48,49)24-11-12-24)39-31(43)28-14-21(30-25-9-6-10-27(36)26(25)18-42(30)34(46)47)17-41(28)32(44)29(19(2)3)38-23-8-5-7-20(13-23)16-37/h5-10,13,19,21-22,24,28-30,38H,4,11-12,14-15,17-18H2,1-3H3,(H,39,43)(H,40,45)(H,46,47)/t21-,22-,28+,29+,30?,35-/m1/s1. The highest BCUT2D eigenvalue weighted by atomic mass is 32.2. The van der Waals surface area contributed by atoms with Gasteiger partial charge in [-0.25, -0.2) is 17.6 Å². The summed E-state index contributed by atoms with van der Waals surface area (Å²) >= 11 is 0. The Hall–Kier alpha value is -4.71. The second kappa shape index (κ2) is 13.2. The molecule has 0 bridgehead atoms. The van der Waals surface area contributed by atoms with E-state index in [1.165, 1.54) is 17.0 Å². The fourth-order valence-corrected chi connectivity index (χ4v) is 8.95. The molecule has 2 heterocycles. The minimum absolute atomic E-state index is 0.00553. The van der Waals surface area contributed by atoms with Crippen LogP contribution in [0.1, 0.15) is 75.6 Å².